The number of amides is 2. The zero-order valence-electron chi connectivity index (χ0n) is 17.1. The van der Waals surface area contributed by atoms with Crippen molar-refractivity contribution in [2.45, 2.75) is 52.6 Å². The molecule has 0 N–H and O–H groups in total. The Kier molecular flexibility index (Phi) is 5.60. The maximum Gasteiger partial charge on any atom is 0.242 e. The molecule has 0 saturated carbocycles. The van der Waals surface area contributed by atoms with Crippen molar-refractivity contribution in [2.24, 2.45) is 11.3 Å². The van der Waals surface area contributed by atoms with E-state index in [1.807, 2.05) is 29.6 Å². The molecule has 1 atom stereocenters. The minimum absolute atomic E-state index is 0.00548. The van der Waals surface area contributed by atoms with E-state index in [0.29, 0.717) is 0 Å². The van der Waals surface area contributed by atoms with Crippen LogP contribution in [0.3, 0.4) is 0 Å². The van der Waals surface area contributed by atoms with Crippen LogP contribution in [0, 0.1) is 11.3 Å². The van der Waals surface area contributed by atoms with Crippen LogP contribution >= 0.6 is 0 Å². The standard InChI is InChI=1S/C20H32N4O3/c1-14(2)19(26)22(5)12-17(25)23-13-20(6-8-27-9-7-20)18(23)16-10-21-24(11-16)15(3)4/h10-11,14-15,18H,6-9,12-13H2,1-5H3. The summed E-state index contributed by atoms with van der Waals surface area (Å²) in [5, 5.41) is 4.49. The van der Waals surface area contributed by atoms with Gasteiger partial charge in [0, 0.05) is 55.9 Å². The smallest absolute Gasteiger partial charge is 0.242 e. The van der Waals surface area contributed by atoms with Crippen LogP contribution < -0.4 is 0 Å². The predicted molar refractivity (Wildman–Crippen MR) is 102 cm³/mol. The Labute approximate surface area is 161 Å². The predicted octanol–water partition coefficient (Wildman–Crippen LogP) is 2.26. The second kappa shape index (κ2) is 7.62. The Balaban J connectivity index is 1.79. The number of likely N-dealkylation sites (tertiary alicyclic amines) is 1. The topological polar surface area (TPSA) is 67.7 Å². The summed E-state index contributed by atoms with van der Waals surface area (Å²) in [6, 6.07) is 0.298. The van der Waals surface area contributed by atoms with E-state index in [0.717, 1.165) is 38.2 Å². The lowest BCUT2D eigenvalue weighted by Gasteiger charge is -2.59. The van der Waals surface area contributed by atoms with Crippen molar-refractivity contribution in [3.8, 4) is 0 Å². The number of ether oxygens (including phenoxy) is 1. The van der Waals surface area contributed by atoms with E-state index in [-0.39, 0.29) is 41.8 Å². The van der Waals surface area contributed by atoms with Crippen molar-refractivity contribution in [2.75, 3.05) is 33.4 Å². The first-order valence-electron chi connectivity index (χ1n) is 9.91. The monoisotopic (exact) mass is 376 g/mol. The highest BCUT2D eigenvalue weighted by atomic mass is 16.5. The lowest BCUT2D eigenvalue weighted by Crippen LogP contribution is -2.63. The third-order valence-electron chi connectivity index (χ3n) is 5.89. The summed E-state index contributed by atoms with van der Waals surface area (Å²) in [7, 11) is 1.70. The number of carbonyl (C=O) groups is 2. The maximum absolute atomic E-state index is 13.0. The Morgan fingerprint density at radius 1 is 1.30 bits per heavy atom. The third kappa shape index (κ3) is 3.74. The Morgan fingerprint density at radius 3 is 2.52 bits per heavy atom. The largest absolute Gasteiger partial charge is 0.381 e. The number of likely N-dealkylation sites (N-methyl/N-ethyl adjacent to an activating group) is 1. The Hall–Kier alpha value is -1.89. The zero-order valence-corrected chi connectivity index (χ0v) is 17.1. The van der Waals surface area contributed by atoms with Gasteiger partial charge in [0.2, 0.25) is 11.8 Å². The van der Waals surface area contributed by atoms with E-state index in [2.05, 4.69) is 25.1 Å². The molecule has 2 aliphatic rings. The van der Waals surface area contributed by atoms with Gasteiger partial charge in [0.25, 0.3) is 0 Å². The Morgan fingerprint density at radius 2 is 1.96 bits per heavy atom. The highest BCUT2D eigenvalue weighted by Crippen LogP contribution is 2.54. The molecule has 7 nitrogen and oxygen atoms in total. The van der Waals surface area contributed by atoms with E-state index < -0.39 is 0 Å². The van der Waals surface area contributed by atoms with Crippen LogP contribution in [0.2, 0.25) is 0 Å². The normalized spacial score (nSPS) is 21.6. The van der Waals surface area contributed by atoms with Crippen molar-refractivity contribution in [3.05, 3.63) is 18.0 Å². The van der Waals surface area contributed by atoms with Gasteiger partial charge in [0.05, 0.1) is 18.8 Å². The molecule has 7 heteroatoms. The van der Waals surface area contributed by atoms with E-state index in [1.165, 1.54) is 4.90 Å². The van der Waals surface area contributed by atoms with Crippen molar-refractivity contribution < 1.29 is 14.3 Å². The lowest BCUT2D eigenvalue weighted by atomic mass is 9.64. The van der Waals surface area contributed by atoms with Crippen molar-refractivity contribution in [3.63, 3.8) is 0 Å². The van der Waals surface area contributed by atoms with E-state index >= 15 is 0 Å². The fraction of sp³-hybridized carbons (Fsp3) is 0.750. The zero-order chi connectivity index (χ0) is 19.8. The number of aromatic nitrogens is 2. The van der Waals surface area contributed by atoms with Crippen LogP contribution in [-0.2, 0) is 14.3 Å². The molecule has 2 saturated heterocycles. The Bertz CT molecular complexity index is 691. The molecule has 1 aromatic heterocycles. The van der Waals surface area contributed by atoms with Crippen LogP contribution in [0.4, 0.5) is 0 Å². The molecule has 27 heavy (non-hydrogen) atoms. The van der Waals surface area contributed by atoms with E-state index in [4.69, 9.17) is 4.74 Å². The number of nitrogens with zero attached hydrogens (tertiary/aromatic N) is 4. The van der Waals surface area contributed by atoms with Crippen LogP contribution in [0.15, 0.2) is 12.4 Å². The molecule has 2 amide bonds. The molecular weight excluding hydrogens is 344 g/mol. The van der Waals surface area contributed by atoms with Gasteiger partial charge in [-0.2, -0.15) is 5.10 Å². The molecule has 1 spiro atoms. The minimum Gasteiger partial charge on any atom is -0.381 e. The summed E-state index contributed by atoms with van der Waals surface area (Å²) in [6.45, 7) is 10.2. The molecular formula is C20H32N4O3. The average molecular weight is 377 g/mol. The van der Waals surface area contributed by atoms with E-state index in [1.54, 1.807) is 7.05 Å². The second-order valence-corrected chi connectivity index (χ2v) is 8.60. The van der Waals surface area contributed by atoms with Crippen molar-refractivity contribution in [1.82, 2.24) is 19.6 Å². The summed E-state index contributed by atoms with van der Waals surface area (Å²) in [4.78, 5) is 28.6. The molecule has 3 rings (SSSR count). The van der Waals surface area contributed by atoms with Gasteiger partial charge < -0.3 is 14.5 Å². The SMILES string of the molecule is CC(C)C(=O)N(C)CC(=O)N1CC2(CCOCC2)C1c1cnn(C(C)C)c1. The highest BCUT2D eigenvalue weighted by molar-refractivity contribution is 5.86. The number of hydrogen-bond donors (Lipinski definition) is 0. The van der Waals surface area contributed by atoms with Gasteiger partial charge in [-0.25, -0.2) is 0 Å². The molecule has 0 aromatic carbocycles. The highest BCUT2D eigenvalue weighted by Gasteiger charge is 2.55. The number of hydrogen-bond acceptors (Lipinski definition) is 4. The summed E-state index contributed by atoms with van der Waals surface area (Å²) < 4.78 is 7.51. The molecule has 0 radical (unpaired) electrons. The first kappa shape index (κ1) is 19.9. The van der Waals surface area contributed by atoms with Crippen LogP contribution in [-0.4, -0.2) is 64.7 Å². The molecule has 150 valence electrons. The van der Waals surface area contributed by atoms with Crippen LogP contribution in [0.25, 0.3) is 0 Å². The lowest BCUT2D eigenvalue weighted by molar-refractivity contribution is -0.171. The van der Waals surface area contributed by atoms with Gasteiger partial charge in [0.15, 0.2) is 0 Å². The van der Waals surface area contributed by atoms with Gasteiger partial charge in [-0.15, -0.1) is 0 Å². The molecule has 1 unspecified atom stereocenters. The van der Waals surface area contributed by atoms with Gasteiger partial charge in [-0.3, -0.25) is 14.3 Å². The molecule has 2 fully saturated rings. The second-order valence-electron chi connectivity index (χ2n) is 8.60. The van der Waals surface area contributed by atoms with E-state index in [9.17, 15) is 9.59 Å². The fourth-order valence-electron chi connectivity index (χ4n) is 4.30. The fourth-order valence-corrected chi connectivity index (χ4v) is 4.30. The molecule has 1 aromatic rings. The first-order chi connectivity index (χ1) is 12.7. The summed E-state index contributed by atoms with van der Waals surface area (Å²) >= 11 is 0. The summed E-state index contributed by atoms with van der Waals surface area (Å²) in [5.41, 5.74) is 1.15. The average Bonchev–Trinajstić information content (AvgIpc) is 3.09. The van der Waals surface area contributed by atoms with Gasteiger partial charge >= 0.3 is 0 Å². The number of rotatable bonds is 5. The molecule has 3 heterocycles. The van der Waals surface area contributed by atoms with Gasteiger partial charge in [-0.05, 0) is 26.7 Å². The molecule has 0 aliphatic carbocycles. The quantitative estimate of drug-likeness (QED) is 0.791. The van der Waals surface area contributed by atoms with Crippen LogP contribution in [0.5, 0.6) is 0 Å². The summed E-state index contributed by atoms with van der Waals surface area (Å²) in [6.07, 6.45) is 5.86. The third-order valence-corrected chi connectivity index (χ3v) is 5.89. The van der Waals surface area contributed by atoms with Crippen LogP contribution in [0.1, 0.15) is 58.2 Å². The van der Waals surface area contributed by atoms with Crippen molar-refractivity contribution in [1.29, 1.82) is 0 Å². The van der Waals surface area contributed by atoms with Gasteiger partial charge in [-0.1, -0.05) is 13.8 Å². The minimum atomic E-state index is -0.110. The summed E-state index contributed by atoms with van der Waals surface area (Å²) in [5.74, 6) is -0.110. The van der Waals surface area contributed by atoms with Crippen molar-refractivity contribution >= 4 is 11.8 Å². The molecule has 0 bridgehead atoms. The molecule has 2 aliphatic heterocycles. The number of carbonyl (C=O) groups excluding carboxylic acids is 2. The maximum atomic E-state index is 13.0. The first-order valence-corrected chi connectivity index (χ1v) is 9.91. The van der Waals surface area contributed by atoms with Gasteiger partial charge in [0.1, 0.15) is 0 Å².